The Bertz CT molecular complexity index is 453. The number of hydrogen-bond acceptors (Lipinski definition) is 2. The van der Waals surface area contributed by atoms with Gasteiger partial charge in [-0.15, -0.1) is 0 Å². The predicted octanol–water partition coefficient (Wildman–Crippen LogP) is 2.96. The highest BCUT2D eigenvalue weighted by Gasteiger charge is 2.20. The molecular weight excluding hydrogens is 250 g/mol. The number of rotatable bonds is 7. The van der Waals surface area contributed by atoms with E-state index in [1.807, 2.05) is 12.1 Å². The molecule has 1 fully saturated rings. The minimum atomic E-state index is 0.445. The Balaban J connectivity index is 1.74. The predicted molar refractivity (Wildman–Crippen MR) is 84.2 cm³/mol. The summed E-state index contributed by atoms with van der Waals surface area (Å²) in [5.74, 6) is 1.75. The van der Waals surface area contributed by atoms with E-state index in [9.17, 15) is 0 Å². The van der Waals surface area contributed by atoms with E-state index >= 15 is 0 Å². The Morgan fingerprint density at radius 3 is 2.95 bits per heavy atom. The third-order valence-corrected chi connectivity index (χ3v) is 3.39. The van der Waals surface area contributed by atoms with E-state index in [0.717, 1.165) is 18.2 Å². The summed E-state index contributed by atoms with van der Waals surface area (Å²) in [4.78, 5) is 4.27. The number of hydrogen-bond donors (Lipinski definition) is 2. The molecule has 0 atom stereocenters. The first-order valence-electron chi connectivity index (χ1n) is 7.40. The van der Waals surface area contributed by atoms with Crippen molar-refractivity contribution in [3.63, 3.8) is 0 Å². The second-order valence-corrected chi connectivity index (χ2v) is 5.69. The zero-order valence-electron chi connectivity index (χ0n) is 12.4. The first-order chi connectivity index (χ1) is 9.65. The van der Waals surface area contributed by atoms with Crippen LogP contribution in [-0.2, 0) is 4.74 Å². The van der Waals surface area contributed by atoms with Gasteiger partial charge in [-0.1, -0.05) is 26.0 Å². The summed E-state index contributed by atoms with van der Waals surface area (Å²) in [6.07, 6.45) is 2.64. The summed E-state index contributed by atoms with van der Waals surface area (Å²) >= 11 is 0. The summed E-state index contributed by atoms with van der Waals surface area (Å²) in [5.41, 5.74) is 8.14. The molecule has 0 saturated heterocycles. The van der Waals surface area contributed by atoms with Crippen molar-refractivity contribution in [3.05, 3.63) is 29.8 Å². The molecule has 1 aromatic carbocycles. The van der Waals surface area contributed by atoms with E-state index < -0.39 is 0 Å². The first-order valence-corrected chi connectivity index (χ1v) is 7.40. The second kappa shape index (κ2) is 7.29. The third kappa shape index (κ3) is 5.21. The van der Waals surface area contributed by atoms with Crippen LogP contribution in [0, 0.1) is 5.92 Å². The topological polar surface area (TPSA) is 59.6 Å². The van der Waals surface area contributed by atoms with Crippen LogP contribution in [0.4, 0.5) is 5.69 Å². The number of anilines is 1. The first kappa shape index (κ1) is 14.9. The quantitative estimate of drug-likeness (QED) is 0.457. The van der Waals surface area contributed by atoms with Crippen molar-refractivity contribution in [2.75, 3.05) is 25.1 Å². The van der Waals surface area contributed by atoms with Crippen LogP contribution >= 0.6 is 0 Å². The van der Waals surface area contributed by atoms with Gasteiger partial charge >= 0.3 is 0 Å². The summed E-state index contributed by atoms with van der Waals surface area (Å²) in [5, 5.41) is 3.12. The summed E-state index contributed by atoms with van der Waals surface area (Å²) in [6, 6.07) is 8.26. The van der Waals surface area contributed by atoms with Crippen LogP contribution in [0.25, 0.3) is 0 Å². The van der Waals surface area contributed by atoms with E-state index in [4.69, 9.17) is 10.5 Å². The van der Waals surface area contributed by atoms with Gasteiger partial charge in [-0.25, -0.2) is 0 Å². The Hall–Kier alpha value is -1.55. The summed E-state index contributed by atoms with van der Waals surface area (Å²) in [7, 11) is 0. The molecule has 1 aliphatic carbocycles. The van der Waals surface area contributed by atoms with Gasteiger partial charge in [0.15, 0.2) is 5.96 Å². The van der Waals surface area contributed by atoms with Crippen molar-refractivity contribution < 1.29 is 4.74 Å². The van der Waals surface area contributed by atoms with Gasteiger partial charge in [-0.05, 0) is 42.4 Å². The molecular formula is C16H25N3O. The molecule has 4 heteroatoms. The zero-order valence-corrected chi connectivity index (χ0v) is 12.4. The molecule has 0 aromatic heterocycles. The van der Waals surface area contributed by atoms with Gasteiger partial charge in [-0.3, -0.25) is 4.99 Å². The lowest BCUT2D eigenvalue weighted by atomic mass is 10.0. The molecule has 0 unspecified atom stereocenters. The van der Waals surface area contributed by atoms with E-state index in [1.165, 1.54) is 18.4 Å². The van der Waals surface area contributed by atoms with Crippen molar-refractivity contribution in [1.29, 1.82) is 0 Å². The normalized spacial score (nSPS) is 15.7. The van der Waals surface area contributed by atoms with Crippen LogP contribution in [0.3, 0.4) is 0 Å². The van der Waals surface area contributed by atoms with Crippen LogP contribution in [0.2, 0.25) is 0 Å². The second-order valence-electron chi connectivity index (χ2n) is 5.69. The molecule has 0 radical (unpaired) electrons. The maximum absolute atomic E-state index is 5.87. The number of guanidine groups is 1. The average molecular weight is 275 g/mol. The lowest BCUT2D eigenvalue weighted by Crippen LogP contribution is -2.23. The van der Waals surface area contributed by atoms with Crippen LogP contribution in [0.1, 0.15) is 38.2 Å². The van der Waals surface area contributed by atoms with Gasteiger partial charge in [0.25, 0.3) is 0 Å². The van der Waals surface area contributed by atoms with Crippen LogP contribution in [0.5, 0.6) is 0 Å². The minimum Gasteiger partial charge on any atom is -0.379 e. The highest BCUT2D eigenvalue weighted by Crippen LogP contribution is 2.28. The number of nitrogens with one attached hydrogen (secondary N) is 1. The van der Waals surface area contributed by atoms with E-state index in [1.54, 1.807) is 0 Å². The van der Waals surface area contributed by atoms with Gasteiger partial charge in [-0.2, -0.15) is 0 Å². The standard InChI is InChI=1S/C16H25N3O/c1-12(2)14-4-3-5-15(10-14)19-16(17)18-8-9-20-11-13-6-7-13/h3-5,10,12-13H,6-9,11H2,1-2H3,(H3,17,18,19). The highest BCUT2D eigenvalue weighted by atomic mass is 16.5. The molecule has 2 rings (SSSR count). The lowest BCUT2D eigenvalue weighted by molar-refractivity contribution is 0.132. The molecule has 0 aliphatic heterocycles. The molecule has 4 nitrogen and oxygen atoms in total. The van der Waals surface area contributed by atoms with Crippen molar-refractivity contribution >= 4 is 11.6 Å². The molecule has 20 heavy (non-hydrogen) atoms. The maximum Gasteiger partial charge on any atom is 0.193 e. The van der Waals surface area contributed by atoms with Gasteiger partial charge in [0.1, 0.15) is 0 Å². The monoisotopic (exact) mass is 275 g/mol. The highest BCUT2D eigenvalue weighted by molar-refractivity contribution is 5.92. The molecule has 3 N–H and O–H groups in total. The Kier molecular flexibility index (Phi) is 5.41. The van der Waals surface area contributed by atoms with Gasteiger partial charge in [0.2, 0.25) is 0 Å². The fourth-order valence-electron chi connectivity index (χ4n) is 1.93. The molecule has 1 aliphatic rings. The minimum absolute atomic E-state index is 0.445. The van der Waals surface area contributed by atoms with Crippen LogP contribution < -0.4 is 11.1 Å². The number of ether oxygens (including phenoxy) is 1. The van der Waals surface area contributed by atoms with Crippen molar-refractivity contribution in [2.45, 2.75) is 32.6 Å². The summed E-state index contributed by atoms with van der Waals surface area (Å²) in [6.45, 7) is 6.47. The molecule has 110 valence electrons. The molecule has 0 amide bonds. The SMILES string of the molecule is CC(C)c1cccc(NC(N)=NCCOCC2CC2)c1. The number of aliphatic imine (C=N–C) groups is 1. The van der Waals surface area contributed by atoms with Crippen molar-refractivity contribution in [2.24, 2.45) is 16.6 Å². The number of nitrogens with two attached hydrogens (primary N) is 1. The third-order valence-electron chi connectivity index (χ3n) is 3.39. The van der Waals surface area contributed by atoms with Crippen molar-refractivity contribution in [1.82, 2.24) is 0 Å². The molecule has 0 bridgehead atoms. The van der Waals surface area contributed by atoms with Crippen LogP contribution in [0.15, 0.2) is 29.3 Å². The fourth-order valence-corrected chi connectivity index (χ4v) is 1.93. The smallest absolute Gasteiger partial charge is 0.193 e. The molecule has 0 spiro atoms. The Morgan fingerprint density at radius 1 is 1.45 bits per heavy atom. The molecule has 1 saturated carbocycles. The Labute approximate surface area is 121 Å². The van der Waals surface area contributed by atoms with Crippen LogP contribution in [-0.4, -0.2) is 25.7 Å². The van der Waals surface area contributed by atoms with E-state index in [0.29, 0.717) is 25.0 Å². The zero-order chi connectivity index (χ0) is 14.4. The fraction of sp³-hybridized carbons (Fsp3) is 0.562. The number of nitrogens with zero attached hydrogens (tertiary/aromatic N) is 1. The molecule has 0 heterocycles. The summed E-state index contributed by atoms with van der Waals surface area (Å²) < 4.78 is 5.52. The van der Waals surface area contributed by atoms with E-state index in [2.05, 4.69) is 36.3 Å². The molecule has 1 aromatic rings. The largest absolute Gasteiger partial charge is 0.379 e. The average Bonchev–Trinajstić information content (AvgIpc) is 3.22. The van der Waals surface area contributed by atoms with E-state index in [-0.39, 0.29) is 0 Å². The van der Waals surface area contributed by atoms with Gasteiger partial charge in [0, 0.05) is 12.3 Å². The Morgan fingerprint density at radius 2 is 2.25 bits per heavy atom. The van der Waals surface area contributed by atoms with Gasteiger partial charge < -0.3 is 15.8 Å². The number of benzene rings is 1. The van der Waals surface area contributed by atoms with Crippen molar-refractivity contribution in [3.8, 4) is 0 Å². The maximum atomic E-state index is 5.87. The van der Waals surface area contributed by atoms with Gasteiger partial charge in [0.05, 0.1) is 13.2 Å². The lowest BCUT2D eigenvalue weighted by Gasteiger charge is -2.10.